The Labute approximate surface area is 120 Å². The molecular weight excluding hydrogens is 276 g/mol. The number of benzene rings is 1. The zero-order valence-electron chi connectivity index (χ0n) is 10.7. The van der Waals surface area contributed by atoms with Crippen LogP contribution in [0.4, 0.5) is 11.7 Å². The topological polar surface area (TPSA) is 63.8 Å². The smallest absolute Gasteiger partial charge is 0.320 e. The number of pyridine rings is 1. The van der Waals surface area contributed by atoms with E-state index in [1.54, 1.807) is 12.4 Å². The van der Waals surface area contributed by atoms with Gasteiger partial charge in [0.15, 0.2) is 0 Å². The molecule has 3 rings (SSSR count). The van der Waals surface area contributed by atoms with Crippen molar-refractivity contribution >= 4 is 23.3 Å². The molecule has 0 saturated heterocycles. The van der Waals surface area contributed by atoms with Crippen molar-refractivity contribution in [2.75, 3.05) is 5.32 Å². The summed E-state index contributed by atoms with van der Waals surface area (Å²) in [5, 5.41) is 11.7. The van der Waals surface area contributed by atoms with Crippen LogP contribution in [-0.4, -0.2) is 15.2 Å². The Hall–Kier alpha value is -2.40. The van der Waals surface area contributed by atoms with E-state index in [9.17, 15) is 0 Å². The zero-order chi connectivity index (χ0) is 13.9. The van der Waals surface area contributed by atoms with Crippen LogP contribution in [0.5, 0.6) is 0 Å². The van der Waals surface area contributed by atoms with Crippen LogP contribution >= 0.6 is 11.6 Å². The minimum Gasteiger partial charge on any atom is -0.403 e. The molecule has 6 heteroatoms. The van der Waals surface area contributed by atoms with Crippen molar-refractivity contribution in [1.82, 2.24) is 15.2 Å². The fourth-order valence-corrected chi connectivity index (χ4v) is 1.90. The molecule has 100 valence electrons. The molecule has 0 unspecified atom stereocenters. The lowest BCUT2D eigenvalue weighted by Crippen LogP contribution is -1.93. The van der Waals surface area contributed by atoms with E-state index < -0.39 is 0 Å². The van der Waals surface area contributed by atoms with Crippen molar-refractivity contribution in [2.45, 2.75) is 6.92 Å². The summed E-state index contributed by atoms with van der Waals surface area (Å²) in [6.45, 7) is 1.97. The van der Waals surface area contributed by atoms with Gasteiger partial charge >= 0.3 is 6.01 Å². The van der Waals surface area contributed by atoms with Gasteiger partial charge in [0.05, 0.1) is 0 Å². The first-order valence-electron chi connectivity index (χ1n) is 5.99. The van der Waals surface area contributed by atoms with Gasteiger partial charge in [-0.25, -0.2) is 0 Å². The largest absolute Gasteiger partial charge is 0.403 e. The van der Waals surface area contributed by atoms with Gasteiger partial charge in [0.25, 0.3) is 0 Å². The lowest BCUT2D eigenvalue weighted by molar-refractivity contribution is 0.587. The van der Waals surface area contributed by atoms with E-state index in [0.717, 1.165) is 16.8 Å². The predicted molar refractivity (Wildman–Crippen MR) is 77.0 cm³/mol. The van der Waals surface area contributed by atoms with Crippen molar-refractivity contribution in [2.24, 2.45) is 0 Å². The molecule has 0 fully saturated rings. The molecule has 0 amide bonds. The Kier molecular flexibility index (Phi) is 3.35. The molecule has 0 atom stereocenters. The average Bonchev–Trinajstić information content (AvgIpc) is 2.92. The number of nitrogens with one attached hydrogen (secondary N) is 1. The first-order chi connectivity index (χ1) is 9.72. The Morgan fingerprint density at radius 3 is 2.70 bits per heavy atom. The van der Waals surface area contributed by atoms with Gasteiger partial charge in [0.2, 0.25) is 5.89 Å². The maximum atomic E-state index is 5.97. The summed E-state index contributed by atoms with van der Waals surface area (Å²) in [4.78, 5) is 3.95. The van der Waals surface area contributed by atoms with Crippen molar-refractivity contribution in [3.63, 3.8) is 0 Å². The molecule has 3 aromatic rings. The molecule has 2 heterocycles. The molecule has 2 aromatic heterocycles. The Balaban J connectivity index is 1.86. The third-order valence-electron chi connectivity index (χ3n) is 2.79. The van der Waals surface area contributed by atoms with E-state index >= 15 is 0 Å². The highest BCUT2D eigenvalue weighted by atomic mass is 35.5. The van der Waals surface area contributed by atoms with Gasteiger partial charge < -0.3 is 9.73 Å². The van der Waals surface area contributed by atoms with Gasteiger partial charge in [-0.05, 0) is 36.8 Å². The Morgan fingerprint density at radius 1 is 1.10 bits per heavy atom. The van der Waals surface area contributed by atoms with Crippen LogP contribution in [0.15, 0.2) is 47.1 Å². The molecule has 0 aliphatic heterocycles. The standard InChI is InChI=1S/C14H11ClN4O/c1-9-2-3-11(15)8-12(9)17-14-19-18-13(20-14)10-4-6-16-7-5-10/h2-8H,1H3,(H,17,19). The van der Waals surface area contributed by atoms with E-state index in [2.05, 4.69) is 20.5 Å². The third kappa shape index (κ3) is 2.62. The summed E-state index contributed by atoms with van der Waals surface area (Å²) in [5.41, 5.74) is 2.70. The molecule has 1 aromatic carbocycles. The van der Waals surface area contributed by atoms with Crippen molar-refractivity contribution in [1.29, 1.82) is 0 Å². The minimum absolute atomic E-state index is 0.321. The van der Waals surface area contributed by atoms with E-state index in [1.807, 2.05) is 37.3 Å². The molecule has 0 aliphatic rings. The highest BCUT2D eigenvalue weighted by Gasteiger charge is 2.09. The van der Waals surface area contributed by atoms with Gasteiger partial charge in [-0.3, -0.25) is 4.98 Å². The van der Waals surface area contributed by atoms with Crippen molar-refractivity contribution in [3.8, 4) is 11.5 Å². The number of nitrogens with zero attached hydrogens (tertiary/aromatic N) is 3. The number of aromatic nitrogens is 3. The summed E-state index contributed by atoms with van der Waals surface area (Å²) in [6.07, 6.45) is 3.35. The van der Waals surface area contributed by atoms with Gasteiger partial charge in [0.1, 0.15) is 0 Å². The van der Waals surface area contributed by atoms with Gasteiger partial charge in [-0.1, -0.05) is 22.8 Å². The molecule has 20 heavy (non-hydrogen) atoms. The third-order valence-corrected chi connectivity index (χ3v) is 3.03. The van der Waals surface area contributed by atoms with Crippen molar-refractivity contribution < 1.29 is 4.42 Å². The van der Waals surface area contributed by atoms with Crippen LogP contribution in [0.1, 0.15) is 5.56 Å². The maximum Gasteiger partial charge on any atom is 0.320 e. The number of anilines is 2. The molecule has 0 saturated carbocycles. The number of rotatable bonds is 3. The summed E-state index contributed by atoms with van der Waals surface area (Å²) in [6, 6.07) is 9.50. The Morgan fingerprint density at radius 2 is 1.90 bits per heavy atom. The highest BCUT2D eigenvalue weighted by Crippen LogP contribution is 2.25. The number of hydrogen-bond donors (Lipinski definition) is 1. The fraction of sp³-hybridized carbons (Fsp3) is 0.0714. The van der Waals surface area contributed by atoms with Crippen LogP contribution in [0.25, 0.3) is 11.5 Å². The second kappa shape index (κ2) is 5.30. The molecule has 1 N–H and O–H groups in total. The second-order valence-electron chi connectivity index (χ2n) is 4.23. The van der Waals surface area contributed by atoms with E-state index in [0.29, 0.717) is 16.9 Å². The van der Waals surface area contributed by atoms with Crippen LogP contribution in [0.3, 0.4) is 0 Å². The molecule has 5 nitrogen and oxygen atoms in total. The van der Waals surface area contributed by atoms with Gasteiger partial charge in [-0.15, -0.1) is 5.10 Å². The first kappa shape index (κ1) is 12.6. The van der Waals surface area contributed by atoms with E-state index in [1.165, 1.54) is 0 Å². The summed E-state index contributed by atoms with van der Waals surface area (Å²) in [7, 11) is 0. The number of aryl methyl sites for hydroxylation is 1. The van der Waals surface area contributed by atoms with E-state index in [-0.39, 0.29) is 0 Å². The lowest BCUT2D eigenvalue weighted by Gasteiger charge is -2.05. The molecular formula is C14H11ClN4O. The Bertz CT molecular complexity index is 727. The quantitative estimate of drug-likeness (QED) is 0.792. The van der Waals surface area contributed by atoms with Crippen LogP contribution in [0.2, 0.25) is 5.02 Å². The van der Waals surface area contributed by atoms with Crippen LogP contribution in [-0.2, 0) is 0 Å². The average molecular weight is 287 g/mol. The predicted octanol–water partition coefficient (Wildman–Crippen LogP) is 3.84. The first-order valence-corrected chi connectivity index (χ1v) is 6.37. The highest BCUT2D eigenvalue weighted by molar-refractivity contribution is 6.30. The monoisotopic (exact) mass is 286 g/mol. The normalized spacial score (nSPS) is 10.5. The number of hydrogen-bond acceptors (Lipinski definition) is 5. The van der Waals surface area contributed by atoms with Crippen LogP contribution < -0.4 is 5.32 Å². The summed E-state index contributed by atoms with van der Waals surface area (Å²) < 4.78 is 5.56. The van der Waals surface area contributed by atoms with Crippen molar-refractivity contribution in [3.05, 3.63) is 53.3 Å². The van der Waals surface area contributed by atoms with Crippen LogP contribution in [0, 0.1) is 6.92 Å². The van der Waals surface area contributed by atoms with Gasteiger partial charge in [-0.2, -0.15) is 0 Å². The molecule has 0 aliphatic carbocycles. The summed E-state index contributed by atoms with van der Waals surface area (Å²) in [5.74, 6) is 0.439. The second-order valence-corrected chi connectivity index (χ2v) is 4.67. The minimum atomic E-state index is 0.321. The lowest BCUT2D eigenvalue weighted by atomic mass is 10.2. The maximum absolute atomic E-state index is 5.97. The fourth-order valence-electron chi connectivity index (χ4n) is 1.73. The SMILES string of the molecule is Cc1ccc(Cl)cc1Nc1nnc(-c2ccncc2)o1. The molecule has 0 spiro atoms. The molecule has 0 bridgehead atoms. The number of halogens is 1. The van der Waals surface area contributed by atoms with E-state index in [4.69, 9.17) is 16.0 Å². The molecule has 0 radical (unpaired) electrons. The van der Waals surface area contributed by atoms with Gasteiger partial charge in [0, 0.05) is 28.7 Å². The summed E-state index contributed by atoms with van der Waals surface area (Å²) >= 11 is 5.97. The zero-order valence-corrected chi connectivity index (χ0v) is 11.4.